The fourth-order valence-electron chi connectivity index (χ4n) is 1.02. The first-order valence-electron chi connectivity index (χ1n) is 3.51. The molecule has 0 aliphatic heterocycles. The summed E-state index contributed by atoms with van der Waals surface area (Å²) >= 11 is 0. The summed E-state index contributed by atoms with van der Waals surface area (Å²) in [5, 5.41) is 16.8. The van der Waals surface area contributed by atoms with Crippen LogP contribution in [0.15, 0.2) is 29.0 Å². The summed E-state index contributed by atoms with van der Waals surface area (Å²) in [6.45, 7) is 0. The molecule has 13 heavy (non-hydrogen) atoms. The summed E-state index contributed by atoms with van der Waals surface area (Å²) < 4.78 is 4.95. The largest absolute Gasteiger partial charge is 0.455 e. The minimum absolute atomic E-state index is 0.0768. The van der Waals surface area contributed by atoms with Crippen LogP contribution in [0.25, 0.3) is 11.5 Å². The third-order valence-electron chi connectivity index (χ3n) is 1.57. The van der Waals surface area contributed by atoms with Crippen molar-refractivity contribution in [2.75, 3.05) is 0 Å². The van der Waals surface area contributed by atoms with E-state index in [0.717, 1.165) is 0 Å². The fourth-order valence-corrected chi connectivity index (χ4v) is 1.02. The molecule has 1 N–H and O–H groups in total. The first kappa shape index (κ1) is 7.53. The molecule has 2 aromatic rings. The van der Waals surface area contributed by atoms with Crippen LogP contribution in [0.3, 0.4) is 0 Å². The Bertz CT molecular complexity index is 418. The van der Waals surface area contributed by atoms with E-state index in [1.165, 1.54) is 12.3 Å². The van der Waals surface area contributed by atoms with Crippen molar-refractivity contribution in [2.45, 2.75) is 0 Å². The lowest BCUT2D eigenvalue weighted by molar-refractivity contribution is -0.384. The number of hydrogen-bond acceptors (Lipinski definition) is 4. The molecule has 2 heterocycles. The fraction of sp³-hybridized carbons (Fsp3) is 0. The Balaban J connectivity index is 2.52. The Morgan fingerprint density at radius 2 is 2.38 bits per heavy atom. The summed E-state index contributed by atoms with van der Waals surface area (Å²) in [4.78, 5) is 9.98. The molecule has 0 spiro atoms. The average molecular weight is 179 g/mol. The van der Waals surface area contributed by atoms with Gasteiger partial charge in [0.2, 0.25) is 5.76 Å². The SMILES string of the molecule is O=[N+]([O-])c1ccoc1-c1cc[nH]n1. The van der Waals surface area contributed by atoms with Crippen LogP contribution in [0.2, 0.25) is 0 Å². The highest BCUT2D eigenvalue weighted by Crippen LogP contribution is 2.28. The van der Waals surface area contributed by atoms with Crippen LogP contribution in [-0.4, -0.2) is 15.1 Å². The molecule has 0 aromatic carbocycles. The number of H-pyrrole nitrogens is 1. The van der Waals surface area contributed by atoms with Gasteiger partial charge in [0.15, 0.2) is 0 Å². The highest BCUT2D eigenvalue weighted by atomic mass is 16.6. The maximum atomic E-state index is 10.5. The zero-order valence-corrected chi connectivity index (χ0v) is 6.43. The lowest BCUT2D eigenvalue weighted by Gasteiger charge is -1.88. The Morgan fingerprint density at radius 3 is 3.00 bits per heavy atom. The first-order chi connectivity index (χ1) is 6.29. The van der Waals surface area contributed by atoms with Gasteiger partial charge in [0, 0.05) is 6.20 Å². The van der Waals surface area contributed by atoms with E-state index in [-0.39, 0.29) is 11.4 Å². The number of hydrogen-bond donors (Lipinski definition) is 1. The van der Waals surface area contributed by atoms with Gasteiger partial charge < -0.3 is 4.42 Å². The second-order valence-electron chi connectivity index (χ2n) is 2.35. The minimum Gasteiger partial charge on any atom is -0.455 e. The van der Waals surface area contributed by atoms with Gasteiger partial charge in [-0.05, 0) is 6.07 Å². The standard InChI is InChI=1S/C7H5N3O3/c11-10(12)6-2-4-13-7(6)5-1-3-8-9-5/h1-4H,(H,8,9). The second-order valence-corrected chi connectivity index (χ2v) is 2.35. The normalized spacial score (nSPS) is 10.2. The lowest BCUT2D eigenvalue weighted by atomic mass is 10.3. The molecule has 2 aromatic heterocycles. The Hall–Kier alpha value is -2.11. The third-order valence-corrected chi connectivity index (χ3v) is 1.57. The van der Waals surface area contributed by atoms with Gasteiger partial charge in [-0.3, -0.25) is 15.2 Å². The molecule has 66 valence electrons. The van der Waals surface area contributed by atoms with Crippen molar-refractivity contribution in [1.29, 1.82) is 0 Å². The Kier molecular flexibility index (Phi) is 1.59. The molecule has 0 radical (unpaired) electrons. The van der Waals surface area contributed by atoms with E-state index in [9.17, 15) is 10.1 Å². The van der Waals surface area contributed by atoms with Crippen LogP contribution in [-0.2, 0) is 0 Å². The number of nitro groups is 1. The van der Waals surface area contributed by atoms with E-state index in [4.69, 9.17) is 4.42 Å². The van der Waals surface area contributed by atoms with Crippen molar-refractivity contribution in [1.82, 2.24) is 10.2 Å². The van der Waals surface area contributed by atoms with Crippen LogP contribution < -0.4 is 0 Å². The molecule has 0 amide bonds. The summed E-state index contributed by atoms with van der Waals surface area (Å²) in [6.07, 6.45) is 2.84. The van der Waals surface area contributed by atoms with E-state index in [0.29, 0.717) is 5.69 Å². The van der Waals surface area contributed by atoms with Crippen molar-refractivity contribution in [3.8, 4) is 11.5 Å². The first-order valence-corrected chi connectivity index (χ1v) is 3.51. The van der Waals surface area contributed by atoms with Crippen molar-refractivity contribution >= 4 is 5.69 Å². The predicted molar refractivity (Wildman–Crippen MR) is 42.9 cm³/mol. The summed E-state index contributed by atoms with van der Waals surface area (Å²) in [7, 11) is 0. The molecule has 0 saturated heterocycles. The van der Waals surface area contributed by atoms with Gasteiger partial charge in [-0.1, -0.05) is 0 Å². The van der Waals surface area contributed by atoms with Gasteiger partial charge in [0.25, 0.3) is 0 Å². The average Bonchev–Trinajstić information content (AvgIpc) is 2.74. The second kappa shape index (κ2) is 2.74. The van der Waals surface area contributed by atoms with Crippen molar-refractivity contribution in [3.05, 3.63) is 34.7 Å². The molecule has 0 fully saturated rings. The highest BCUT2D eigenvalue weighted by Gasteiger charge is 2.19. The molecule has 0 atom stereocenters. The maximum Gasteiger partial charge on any atom is 0.316 e. The lowest BCUT2D eigenvalue weighted by Crippen LogP contribution is -1.87. The minimum atomic E-state index is -0.506. The summed E-state index contributed by atoms with van der Waals surface area (Å²) in [6, 6.07) is 2.90. The number of nitrogens with zero attached hydrogens (tertiary/aromatic N) is 2. The van der Waals surface area contributed by atoms with Crippen LogP contribution in [0.4, 0.5) is 5.69 Å². The quantitative estimate of drug-likeness (QED) is 0.560. The number of rotatable bonds is 2. The summed E-state index contributed by atoms with van der Waals surface area (Å²) in [5.41, 5.74) is 0.351. The molecule has 0 aliphatic rings. The van der Waals surface area contributed by atoms with Crippen molar-refractivity contribution in [3.63, 3.8) is 0 Å². The zero-order valence-electron chi connectivity index (χ0n) is 6.43. The van der Waals surface area contributed by atoms with Gasteiger partial charge in [0.05, 0.1) is 17.3 Å². The topological polar surface area (TPSA) is 85.0 Å². The third kappa shape index (κ3) is 1.18. The van der Waals surface area contributed by atoms with Gasteiger partial charge in [-0.15, -0.1) is 0 Å². The number of furan rings is 1. The maximum absolute atomic E-state index is 10.5. The van der Waals surface area contributed by atoms with Gasteiger partial charge in [-0.2, -0.15) is 5.10 Å². The monoisotopic (exact) mass is 179 g/mol. The highest BCUT2D eigenvalue weighted by molar-refractivity contribution is 5.63. The predicted octanol–water partition coefficient (Wildman–Crippen LogP) is 1.58. The van der Waals surface area contributed by atoms with E-state index in [2.05, 4.69) is 10.2 Å². The van der Waals surface area contributed by atoms with E-state index in [1.54, 1.807) is 12.3 Å². The Morgan fingerprint density at radius 1 is 1.54 bits per heavy atom. The number of nitrogens with one attached hydrogen (secondary N) is 1. The molecule has 2 rings (SSSR count). The van der Waals surface area contributed by atoms with E-state index >= 15 is 0 Å². The molecule has 6 heteroatoms. The van der Waals surface area contributed by atoms with Crippen LogP contribution in [0.1, 0.15) is 0 Å². The summed E-state index contributed by atoms with van der Waals surface area (Å²) in [5.74, 6) is 0.172. The van der Waals surface area contributed by atoms with Gasteiger partial charge in [0.1, 0.15) is 5.69 Å². The molecular formula is C7H5N3O3. The molecule has 0 saturated carbocycles. The van der Waals surface area contributed by atoms with Crippen LogP contribution in [0, 0.1) is 10.1 Å². The van der Waals surface area contributed by atoms with Crippen LogP contribution in [0.5, 0.6) is 0 Å². The Labute approximate surface area is 72.3 Å². The molecule has 0 bridgehead atoms. The molecule has 0 unspecified atom stereocenters. The number of aromatic amines is 1. The van der Waals surface area contributed by atoms with E-state index < -0.39 is 4.92 Å². The van der Waals surface area contributed by atoms with Crippen molar-refractivity contribution in [2.24, 2.45) is 0 Å². The van der Waals surface area contributed by atoms with Crippen molar-refractivity contribution < 1.29 is 9.34 Å². The van der Waals surface area contributed by atoms with Gasteiger partial charge in [-0.25, -0.2) is 0 Å². The number of aromatic nitrogens is 2. The molecule has 6 nitrogen and oxygen atoms in total. The molecule has 0 aliphatic carbocycles. The van der Waals surface area contributed by atoms with E-state index in [1.807, 2.05) is 0 Å². The van der Waals surface area contributed by atoms with Crippen LogP contribution >= 0.6 is 0 Å². The smallest absolute Gasteiger partial charge is 0.316 e. The van der Waals surface area contributed by atoms with Gasteiger partial charge >= 0.3 is 5.69 Å². The molecular weight excluding hydrogens is 174 g/mol. The zero-order chi connectivity index (χ0) is 9.26.